The maximum absolute atomic E-state index is 4.17. The molecule has 0 nitrogen and oxygen atoms in total. The van der Waals surface area contributed by atoms with Crippen molar-refractivity contribution in [3.8, 4) is 0 Å². The molecule has 0 radical (unpaired) electrons. The molecule has 3 aromatic carbocycles. The zero-order chi connectivity index (χ0) is 41.9. The number of aryl methyl sites for hydroxylation is 2. The van der Waals surface area contributed by atoms with E-state index in [1.807, 2.05) is 0 Å². The minimum Gasteiger partial charge on any atom is -0.0654 e. The molecule has 0 saturated heterocycles. The Bertz CT molecular complexity index is 1400. The summed E-state index contributed by atoms with van der Waals surface area (Å²) < 4.78 is 4.15. The van der Waals surface area contributed by atoms with Crippen LogP contribution < -0.4 is 0 Å². The molecule has 0 fully saturated rings. The van der Waals surface area contributed by atoms with Crippen molar-refractivity contribution in [1.29, 1.82) is 0 Å². The number of unbranched alkanes of at least 4 members (excludes halogenated alkanes) is 29. The summed E-state index contributed by atoms with van der Waals surface area (Å²) in [6, 6.07) is 22.0. The summed E-state index contributed by atoms with van der Waals surface area (Å²) in [5.74, 6) is 0. The molecule has 332 valence electrons. The molecule has 3 aromatic rings. The fourth-order valence-electron chi connectivity index (χ4n) is 9.02. The van der Waals surface area contributed by atoms with Gasteiger partial charge in [0.15, 0.2) is 0 Å². The summed E-state index contributed by atoms with van der Waals surface area (Å²) in [7, 11) is 0. The van der Waals surface area contributed by atoms with E-state index in [-0.39, 0.29) is 0 Å². The van der Waals surface area contributed by atoms with E-state index >= 15 is 0 Å². The van der Waals surface area contributed by atoms with Crippen molar-refractivity contribution in [1.82, 2.24) is 0 Å². The van der Waals surface area contributed by atoms with Crippen molar-refractivity contribution in [3.05, 3.63) is 102 Å². The zero-order valence-electron chi connectivity index (χ0n) is 38.1. The summed E-state index contributed by atoms with van der Waals surface area (Å²) >= 11 is 12.5. The van der Waals surface area contributed by atoms with Crippen LogP contribution >= 0.6 is 47.8 Å². The summed E-state index contributed by atoms with van der Waals surface area (Å²) in [6.07, 6.45) is 50.6. The SMILES string of the molecule is CCCCCCCCc1c(Br)c(CCCCCCCCCCCCCCCCCCc2ccccc2)c(Br)c(CCCCCCCCCCCCc2ccccc2)c1Br. The average molecular weight is 1000 g/mol. The van der Waals surface area contributed by atoms with Gasteiger partial charge in [0.05, 0.1) is 0 Å². The number of benzene rings is 3. The first-order valence-corrected chi connectivity index (χ1v) is 27.7. The van der Waals surface area contributed by atoms with Crippen LogP contribution in [0.1, 0.15) is 240 Å². The third-order valence-corrected chi connectivity index (χ3v) is 15.7. The minimum atomic E-state index is 1.18. The van der Waals surface area contributed by atoms with Crippen molar-refractivity contribution in [2.24, 2.45) is 0 Å². The highest BCUT2D eigenvalue weighted by Crippen LogP contribution is 2.41. The van der Waals surface area contributed by atoms with Gasteiger partial charge in [-0.05, 0) is 92.0 Å². The lowest BCUT2D eigenvalue weighted by atomic mass is 9.94. The van der Waals surface area contributed by atoms with Crippen LogP contribution in [0.3, 0.4) is 0 Å². The molecule has 0 N–H and O–H groups in total. The largest absolute Gasteiger partial charge is 0.0654 e. The highest BCUT2D eigenvalue weighted by molar-refractivity contribution is 9.11. The normalized spacial score (nSPS) is 11.5. The molecular formula is C56H87Br3. The van der Waals surface area contributed by atoms with Crippen LogP contribution in [0.5, 0.6) is 0 Å². The molecule has 0 aromatic heterocycles. The smallest absolute Gasteiger partial charge is 0.0262 e. The predicted molar refractivity (Wildman–Crippen MR) is 274 cm³/mol. The lowest BCUT2D eigenvalue weighted by Gasteiger charge is -2.20. The first kappa shape index (κ1) is 52.4. The van der Waals surface area contributed by atoms with Crippen LogP contribution in [0.4, 0.5) is 0 Å². The standard InChI is InChI=1S/C56H87Br3/c1-2-3-4-5-26-37-46-51-54(57)52(47-38-27-22-18-13-11-9-7-6-8-10-12-16-20-24-31-40-49-42-33-29-34-43-49)56(59)53(55(51)58)48-39-28-23-19-15-14-17-21-25-32-41-50-44-35-30-36-45-50/h29-30,33-36,42-45H,2-28,31-32,37-41,46-48H2,1H3. The maximum Gasteiger partial charge on any atom is 0.0262 e. The van der Waals surface area contributed by atoms with Crippen molar-refractivity contribution >= 4 is 47.8 Å². The Morgan fingerprint density at radius 1 is 0.254 bits per heavy atom. The first-order valence-electron chi connectivity index (χ1n) is 25.4. The molecule has 0 aliphatic heterocycles. The van der Waals surface area contributed by atoms with Gasteiger partial charge in [0, 0.05) is 13.4 Å². The number of hydrogen-bond donors (Lipinski definition) is 0. The molecule has 3 rings (SSSR count). The van der Waals surface area contributed by atoms with Gasteiger partial charge >= 0.3 is 0 Å². The lowest BCUT2D eigenvalue weighted by Crippen LogP contribution is -2.03. The maximum atomic E-state index is 4.17. The van der Waals surface area contributed by atoms with E-state index in [2.05, 4.69) is 115 Å². The second kappa shape index (κ2) is 36.6. The molecule has 0 aliphatic carbocycles. The van der Waals surface area contributed by atoms with Crippen LogP contribution in [0.25, 0.3) is 0 Å². The Hall–Kier alpha value is -0.900. The number of rotatable bonds is 39. The topological polar surface area (TPSA) is 0 Å². The van der Waals surface area contributed by atoms with Gasteiger partial charge in [-0.25, -0.2) is 0 Å². The molecule has 0 unspecified atom stereocenters. The average Bonchev–Trinajstić information content (AvgIpc) is 3.25. The Labute approximate surface area is 391 Å². The molecule has 0 bridgehead atoms. The van der Waals surface area contributed by atoms with Gasteiger partial charge < -0.3 is 0 Å². The summed E-state index contributed by atoms with van der Waals surface area (Å²) in [4.78, 5) is 0. The van der Waals surface area contributed by atoms with Crippen LogP contribution in [-0.2, 0) is 32.1 Å². The molecule has 0 aliphatic rings. The van der Waals surface area contributed by atoms with Crippen molar-refractivity contribution in [2.45, 2.75) is 244 Å². The van der Waals surface area contributed by atoms with E-state index in [1.54, 1.807) is 0 Å². The van der Waals surface area contributed by atoms with E-state index in [1.165, 1.54) is 279 Å². The van der Waals surface area contributed by atoms with Gasteiger partial charge in [0.1, 0.15) is 0 Å². The highest BCUT2D eigenvalue weighted by atomic mass is 79.9. The Morgan fingerprint density at radius 3 is 0.695 bits per heavy atom. The quantitative estimate of drug-likeness (QED) is 0.0500. The summed E-state index contributed by atoms with van der Waals surface area (Å²) in [5.41, 5.74) is 7.60. The molecule has 3 heteroatoms. The molecule has 0 amide bonds. The van der Waals surface area contributed by atoms with Crippen LogP contribution in [0.2, 0.25) is 0 Å². The minimum absolute atomic E-state index is 1.18. The van der Waals surface area contributed by atoms with Crippen LogP contribution in [-0.4, -0.2) is 0 Å². The van der Waals surface area contributed by atoms with E-state index in [0.29, 0.717) is 0 Å². The Balaban J connectivity index is 1.26. The van der Waals surface area contributed by atoms with E-state index in [0.717, 1.165) is 0 Å². The molecule has 0 saturated carbocycles. The number of hydrogen-bond acceptors (Lipinski definition) is 0. The first-order chi connectivity index (χ1) is 29.1. The molecule has 59 heavy (non-hydrogen) atoms. The third-order valence-electron chi connectivity index (χ3n) is 12.8. The Kier molecular flexibility index (Phi) is 32.5. The van der Waals surface area contributed by atoms with Gasteiger partial charge in [-0.1, -0.05) is 289 Å². The van der Waals surface area contributed by atoms with Gasteiger partial charge in [-0.15, -0.1) is 0 Å². The van der Waals surface area contributed by atoms with Crippen LogP contribution in [0, 0.1) is 0 Å². The zero-order valence-corrected chi connectivity index (χ0v) is 42.8. The fourth-order valence-corrected chi connectivity index (χ4v) is 12.2. The van der Waals surface area contributed by atoms with E-state index < -0.39 is 0 Å². The highest BCUT2D eigenvalue weighted by Gasteiger charge is 2.20. The summed E-state index contributed by atoms with van der Waals surface area (Å²) in [6.45, 7) is 2.32. The van der Waals surface area contributed by atoms with Crippen molar-refractivity contribution in [2.75, 3.05) is 0 Å². The van der Waals surface area contributed by atoms with Gasteiger partial charge in [-0.3, -0.25) is 0 Å². The second-order valence-corrected chi connectivity index (χ2v) is 20.4. The monoisotopic (exact) mass is 996 g/mol. The molecule has 0 heterocycles. The van der Waals surface area contributed by atoms with Gasteiger partial charge in [-0.2, -0.15) is 0 Å². The predicted octanol–water partition coefficient (Wildman–Crippen LogP) is 20.6. The summed E-state index contributed by atoms with van der Waals surface area (Å²) in [5, 5.41) is 0. The molecular weight excluding hydrogens is 912 g/mol. The van der Waals surface area contributed by atoms with Crippen molar-refractivity contribution < 1.29 is 0 Å². The molecule has 0 atom stereocenters. The van der Waals surface area contributed by atoms with Crippen LogP contribution in [0.15, 0.2) is 74.1 Å². The fraction of sp³-hybridized carbons (Fsp3) is 0.679. The molecule has 0 spiro atoms. The number of halogens is 3. The van der Waals surface area contributed by atoms with Gasteiger partial charge in [0.25, 0.3) is 0 Å². The third kappa shape index (κ3) is 25.1. The Morgan fingerprint density at radius 2 is 0.458 bits per heavy atom. The lowest BCUT2D eigenvalue weighted by molar-refractivity contribution is 0.527. The van der Waals surface area contributed by atoms with E-state index in [9.17, 15) is 0 Å². The second-order valence-electron chi connectivity index (χ2n) is 18.1. The van der Waals surface area contributed by atoms with Gasteiger partial charge in [0.2, 0.25) is 0 Å². The van der Waals surface area contributed by atoms with E-state index in [4.69, 9.17) is 0 Å². The van der Waals surface area contributed by atoms with Crippen molar-refractivity contribution in [3.63, 3.8) is 0 Å².